The van der Waals surface area contributed by atoms with Crippen molar-refractivity contribution < 1.29 is 0 Å². The third-order valence-corrected chi connectivity index (χ3v) is 1.20. The van der Waals surface area contributed by atoms with E-state index in [1.54, 1.807) is 12.2 Å². The normalized spacial score (nSPS) is 9.29. The van der Waals surface area contributed by atoms with E-state index in [0.29, 0.717) is 0 Å². The summed E-state index contributed by atoms with van der Waals surface area (Å²) in [6.07, 6.45) is 4.82. The zero-order valence-electron chi connectivity index (χ0n) is 10.8. The monoisotopic (exact) mass is 197 g/mol. The zero-order valence-corrected chi connectivity index (χ0v) is 10.8. The summed E-state index contributed by atoms with van der Waals surface area (Å²) >= 11 is 0. The topological polar surface area (TPSA) is 12.0 Å². The molecule has 0 heterocycles. The van der Waals surface area contributed by atoms with Crippen LogP contribution in [0.2, 0.25) is 0 Å². The second-order valence-electron chi connectivity index (χ2n) is 2.46. The van der Waals surface area contributed by atoms with E-state index in [2.05, 4.69) is 32.3 Å². The number of rotatable bonds is 3. The molecule has 1 heteroatoms. The molecule has 0 aromatic heterocycles. The molecule has 14 heavy (non-hydrogen) atoms. The van der Waals surface area contributed by atoms with Gasteiger partial charge in [-0.05, 0) is 18.6 Å². The summed E-state index contributed by atoms with van der Waals surface area (Å²) in [6, 6.07) is 0. The van der Waals surface area contributed by atoms with Gasteiger partial charge in [-0.2, -0.15) is 0 Å². The number of likely N-dealkylation sites (N-methyl/N-ethyl adjacent to an activating group) is 1. The van der Waals surface area contributed by atoms with Crippen LogP contribution in [-0.4, -0.2) is 7.05 Å². The summed E-state index contributed by atoms with van der Waals surface area (Å²) < 4.78 is 0. The van der Waals surface area contributed by atoms with Gasteiger partial charge in [0.2, 0.25) is 0 Å². The van der Waals surface area contributed by atoms with E-state index < -0.39 is 0 Å². The van der Waals surface area contributed by atoms with Crippen LogP contribution in [0, 0.1) is 0 Å². The smallest absolute Gasteiger partial charge is 0.0361 e. The molecule has 0 fully saturated rings. The molecule has 1 nitrogen and oxygen atoms in total. The molecular weight excluding hydrogens is 170 g/mol. The van der Waals surface area contributed by atoms with E-state index in [4.69, 9.17) is 0 Å². The maximum atomic E-state index is 3.63. The van der Waals surface area contributed by atoms with Crippen molar-refractivity contribution >= 4 is 0 Å². The third kappa shape index (κ3) is 13.6. The fraction of sp³-hybridized carbons (Fsp3) is 0.538. The van der Waals surface area contributed by atoms with E-state index in [0.717, 1.165) is 11.3 Å². The van der Waals surface area contributed by atoms with Gasteiger partial charge < -0.3 is 5.32 Å². The second kappa shape index (κ2) is 17.9. The van der Waals surface area contributed by atoms with Gasteiger partial charge in [0, 0.05) is 12.7 Å². The first-order valence-corrected chi connectivity index (χ1v) is 5.31. The van der Waals surface area contributed by atoms with E-state index >= 15 is 0 Å². The Balaban J connectivity index is -0.000000205. The van der Waals surface area contributed by atoms with Crippen LogP contribution in [0.4, 0.5) is 0 Å². The lowest BCUT2D eigenvalue weighted by Crippen LogP contribution is -2.04. The van der Waals surface area contributed by atoms with Crippen molar-refractivity contribution in [3.05, 3.63) is 36.6 Å². The largest absolute Gasteiger partial charge is 0.388 e. The summed E-state index contributed by atoms with van der Waals surface area (Å²) in [4.78, 5) is 0. The van der Waals surface area contributed by atoms with Gasteiger partial charge in [-0.1, -0.05) is 53.3 Å². The van der Waals surface area contributed by atoms with Crippen molar-refractivity contribution in [2.45, 2.75) is 41.0 Å². The van der Waals surface area contributed by atoms with Crippen LogP contribution in [-0.2, 0) is 0 Å². The van der Waals surface area contributed by atoms with E-state index in [-0.39, 0.29) is 0 Å². The van der Waals surface area contributed by atoms with Crippen LogP contribution >= 0.6 is 0 Å². The van der Waals surface area contributed by atoms with Crippen molar-refractivity contribution in [2.75, 3.05) is 7.05 Å². The van der Waals surface area contributed by atoms with Crippen LogP contribution in [0.5, 0.6) is 0 Å². The van der Waals surface area contributed by atoms with Crippen LogP contribution in [0.1, 0.15) is 41.0 Å². The highest BCUT2D eigenvalue weighted by Crippen LogP contribution is 2.00. The highest BCUT2D eigenvalue weighted by Gasteiger charge is 1.87. The molecule has 0 spiro atoms. The molecular formula is C13H27N. The lowest BCUT2D eigenvalue weighted by atomic mass is 10.2. The molecule has 0 aliphatic carbocycles. The average molecular weight is 197 g/mol. The van der Waals surface area contributed by atoms with Crippen LogP contribution < -0.4 is 5.32 Å². The Bertz CT molecular complexity index is 155. The van der Waals surface area contributed by atoms with Gasteiger partial charge in [-0.15, -0.1) is 0 Å². The molecule has 0 bridgehead atoms. The van der Waals surface area contributed by atoms with Crippen molar-refractivity contribution in [3.63, 3.8) is 0 Å². The Morgan fingerprint density at radius 2 is 1.50 bits per heavy atom. The highest BCUT2D eigenvalue weighted by molar-refractivity contribution is 5.27. The van der Waals surface area contributed by atoms with Crippen LogP contribution in [0.3, 0.4) is 0 Å². The number of hydrogen-bond acceptors (Lipinski definition) is 1. The summed E-state index contributed by atoms with van der Waals surface area (Å²) in [5.41, 5.74) is 2.15. The molecule has 0 radical (unpaired) electrons. The molecule has 0 aromatic carbocycles. The molecule has 0 aliphatic heterocycles. The summed E-state index contributed by atoms with van der Waals surface area (Å²) in [7, 11) is 1.87. The van der Waals surface area contributed by atoms with E-state index in [1.807, 2.05) is 27.8 Å². The predicted octanol–water partition coefficient (Wildman–Crippen LogP) is 4.29. The minimum atomic E-state index is 1.03. The minimum Gasteiger partial charge on any atom is -0.388 e. The lowest BCUT2D eigenvalue weighted by molar-refractivity contribution is 1.01. The van der Waals surface area contributed by atoms with Gasteiger partial charge in [0.1, 0.15) is 0 Å². The first kappa shape index (κ1) is 18.7. The first-order valence-electron chi connectivity index (χ1n) is 5.31. The van der Waals surface area contributed by atoms with Crippen molar-refractivity contribution in [2.24, 2.45) is 0 Å². The number of hydrogen-bond donors (Lipinski definition) is 1. The average Bonchev–Trinajstić information content (AvgIpc) is 2.23. The van der Waals surface area contributed by atoms with Gasteiger partial charge >= 0.3 is 0 Å². The Labute approximate surface area is 90.6 Å². The fourth-order valence-electron chi connectivity index (χ4n) is 0.570. The zero-order chi connectivity index (χ0) is 12.0. The SMILES string of the molecule is C=C/C(C)=C(\C=C)NC.CC.CCC. The number of allylic oxidation sites excluding steroid dienone is 3. The molecule has 0 rings (SSSR count). The second-order valence-corrected chi connectivity index (χ2v) is 2.46. The van der Waals surface area contributed by atoms with E-state index in [1.165, 1.54) is 6.42 Å². The molecule has 0 atom stereocenters. The van der Waals surface area contributed by atoms with Gasteiger partial charge in [-0.3, -0.25) is 0 Å². The minimum absolute atomic E-state index is 1.03. The Kier molecular flexibility index (Phi) is 24.0. The third-order valence-electron chi connectivity index (χ3n) is 1.20. The Hall–Kier alpha value is -0.980. The first-order chi connectivity index (χ1) is 6.67. The number of nitrogens with one attached hydrogen (secondary N) is 1. The summed E-state index contributed by atoms with van der Waals surface area (Å²) in [5.74, 6) is 0. The Morgan fingerprint density at radius 3 is 1.57 bits per heavy atom. The molecule has 0 saturated carbocycles. The summed E-state index contributed by atoms with van der Waals surface area (Å²) in [5, 5.41) is 2.99. The predicted molar refractivity (Wildman–Crippen MR) is 69.5 cm³/mol. The molecule has 0 saturated heterocycles. The fourth-order valence-corrected chi connectivity index (χ4v) is 0.570. The molecule has 0 amide bonds. The molecule has 0 unspecified atom stereocenters. The van der Waals surface area contributed by atoms with Crippen LogP contribution in [0.15, 0.2) is 36.6 Å². The molecule has 84 valence electrons. The van der Waals surface area contributed by atoms with E-state index in [9.17, 15) is 0 Å². The standard InChI is InChI=1S/C8H13N.C3H8.C2H6/c1-5-7(3)8(6-2)9-4;1-3-2;1-2/h5-6,9H,1-2H2,3-4H3;3H2,1-2H3;1-2H3/b8-7+;;. The highest BCUT2D eigenvalue weighted by atomic mass is 14.8. The van der Waals surface area contributed by atoms with Gasteiger partial charge in [0.25, 0.3) is 0 Å². The Morgan fingerprint density at radius 1 is 1.14 bits per heavy atom. The molecule has 0 aliphatic rings. The maximum Gasteiger partial charge on any atom is 0.0361 e. The van der Waals surface area contributed by atoms with Gasteiger partial charge in [0.15, 0.2) is 0 Å². The van der Waals surface area contributed by atoms with Crippen molar-refractivity contribution in [3.8, 4) is 0 Å². The van der Waals surface area contributed by atoms with Gasteiger partial charge in [-0.25, -0.2) is 0 Å². The quantitative estimate of drug-likeness (QED) is 0.665. The molecule has 1 N–H and O–H groups in total. The van der Waals surface area contributed by atoms with Crippen molar-refractivity contribution in [1.82, 2.24) is 5.32 Å². The summed E-state index contributed by atoms with van der Waals surface area (Å²) in [6.45, 7) is 17.5. The van der Waals surface area contributed by atoms with Crippen LogP contribution in [0.25, 0.3) is 0 Å². The van der Waals surface area contributed by atoms with Gasteiger partial charge in [0.05, 0.1) is 0 Å². The maximum absolute atomic E-state index is 3.63. The van der Waals surface area contributed by atoms with Crippen molar-refractivity contribution in [1.29, 1.82) is 0 Å². The molecule has 0 aromatic rings. The lowest BCUT2D eigenvalue weighted by Gasteiger charge is -2.01.